The highest BCUT2D eigenvalue weighted by molar-refractivity contribution is 7.93. The first kappa shape index (κ1) is 11.9. The lowest BCUT2D eigenvalue weighted by Gasteiger charge is -2.17. The van der Waals surface area contributed by atoms with Crippen molar-refractivity contribution in [3.63, 3.8) is 0 Å². The molecule has 0 aliphatic rings. The fourth-order valence-electron chi connectivity index (χ4n) is 1.08. The van der Waals surface area contributed by atoms with E-state index in [1.54, 1.807) is 12.1 Å². The molecule has 0 saturated carbocycles. The van der Waals surface area contributed by atoms with Gasteiger partial charge in [-0.3, -0.25) is 0 Å². The maximum atomic E-state index is 12.0. The summed E-state index contributed by atoms with van der Waals surface area (Å²) >= 11 is 0. The normalized spacial score (nSPS) is 12.5. The third-order valence-electron chi connectivity index (χ3n) is 2.31. The van der Waals surface area contributed by atoms with Gasteiger partial charge in [-0.25, -0.2) is 8.42 Å². The summed E-state index contributed by atoms with van der Waals surface area (Å²) in [4.78, 5) is 10.9. The van der Waals surface area contributed by atoms with Gasteiger partial charge in [-0.05, 0) is 32.9 Å². The average Bonchev–Trinajstić information content (AvgIpc) is 2.18. The highest BCUT2D eigenvalue weighted by atomic mass is 32.2. The topological polar surface area (TPSA) is 51.2 Å². The molecule has 15 heavy (non-hydrogen) atoms. The van der Waals surface area contributed by atoms with Gasteiger partial charge in [-0.1, -0.05) is 17.7 Å². The van der Waals surface area contributed by atoms with Gasteiger partial charge in [-0.2, -0.15) is 0 Å². The average molecular weight is 226 g/mol. The fourth-order valence-corrected chi connectivity index (χ4v) is 2.31. The molecule has 1 aromatic carbocycles. The minimum atomic E-state index is -3.57. The summed E-state index contributed by atoms with van der Waals surface area (Å²) in [5, 5.41) is 0. The largest absolute Gasteiger partial charge is 0.302 e. The molecule has 0 aromatic heterocycles. The zero-order valence-electron chi connectivity index (χ0n) is 9.02. The molecule has 0 atom stereocenters. The van der Waals surface area contributed by atoms with Crippen LogP contribution in [-0.4, -0.2) is 19.5 Å². The Morgan fingerprint density at radius 3 is 2.00 bits per heavy atom. The molecule has 0 aliphatic heterocycles. The van der Waals surface area contributed by atoms with Gasteiger partial charge in [0.15, 0.2) is 9.84 Å². The minimum Gasteiger partial charge on any atom is -0.302 e. The lowest BCUT2D eigenvalue weighted by atomic mass is 10.2. The van der Waals surface area contributed by atoms with Crippen LogP contribution in [0.25, 0.3) is 0 Å². The van der Waals surface area contributed by atoms with Crippen molar-refractivity contribution in [3.05, 3.63) is 29.8 Å². The Kier molecular flexibility index (Phi) is 3.00. The van der Waals surface area contributed by atoms with Gasteiger partial charge in [0, 0.05) is 0 Å². The number of benzene rings is 1. The summed E-state index contributed by atoms with van der Waals surface area (Å²) in [5.41, 5.74) is 0.984. The molecule has 0 fully saturated rings. The van der Waals surface area contributed by atoms with Gasteiger partial charge in [0.2, 0.25) is 0 Å². The van der Waals surface area contributed by atoms with Crippen molar-refractivity contribution in [1.29, 1.82) is 0 Å². The number of carbonyl (C=O) groups is 1. The predicted molar refractivity (Wildman–Crippen MR) is 58.5 cm³/mol. The van der Waals surface area contributed by atoms with Crippen LogP contribution in [0.4, 0.5) is 0 Å². The summed E-state index contributed by atoms with van der Waals surface area (Å²) in [6.45, 7) is 4.67. The first-order valence-electron chi connectivity index (χ1n) is 4.59. The third kappa shape index (κ3) is 2.09. The third-order valence-corrected chi connectivity index (χ3v) is 4.68. The highest BCUT2D eigenvalue weighted by Crippen LogP contribution is 2.23. The predicted octanol–water partition coefficient (Wildman–Crippen LogP) is 1.75. The number of carbonyl (C=O) groups excluding carboxylic acids is 1. The van der Waals surface area contributed by atoms with Gasteiger partial charge in [-0.15, -0.1) is 0 Å². The summed E-state index contributed by atoms with van der Waals surface area (Å²) in [6.07, 6.45) is 0.461. The maximum Gasteiger partial charge on any atom is 0.190 e. The first-order valence-corrected chi connectivity index (χ1v) is 6.07. The zero-order valence-corrected chi connectivity index (χ0v) is 9.84. The highest BCUT2D eigenvalue weighted by Gasteiger charge is 2.35. The molecule has 0 aliphatic carbocycles. The van der Waals surface area contributed by atoms with Crippen LogP contribution in [0.1, 0.15) is 19.4 Å². The number of aldehydes is 1. The van der Waals surface area contributed by atoms with E-state index in [2.05, 4.69) is 0 Å². The van der Waals surface area contributed by atoms with Crippen LogP contribution in [0.15, 0.2) is 29.2 Å². The molecule has 4 heteroatoms. The summed E-state index contributed by atoms with van der Waals surface area (Å²) in [7, 11) is -3.57. The Balaban J connectivity index is 3.30. The van der Waals surface area contributed by atoms with Gasteiger partial charge in [0.1, 0.15) is 11.0 Å². The van der Waals surface area contributed by atoms with Crippen molar-refractivity contribution in [3.8, 4) is 0 Å². The monoisotopic (exact) mass is 226 g/mol. The second-order valence-electron chi connectivity index (χ2n) is 4.04. The minimum absolute atomic E-state index is 0.185. The molecule has 0 unspecified atom stereocenters. The van der Waals surface area contributed by atoms with E-state index in [0.717, 1.165) is 5.56 Å². The Bertz CT molecular complexity index is 455. The van der Waals surface area contributed by atoms with Crippen LogP contribution in [0.2, 0.25) is 0 Å². The summed E-state index contributed by atoms with van der Waals surface area (Å²) < 4.78 is 22.6. The van der Waals surface area contributed by atoms with Gasteiger partial charge >= 0.3 is 0 Å². The molecule has 0 bridgehead atoms. The first-order chi connectivity index (χ1) is 6.81. The van der Waals surface area contributed by atoms with E-state index in [0.29, 0.717) is 6.29 Å². The van der Waals surface area contributed by atoms with Crippen LogP contribution in [0.3, 0.4) is 0 Å². The van der Waals surface area contributed by atoms with E-state index < -0.39 is 14.6 Å². The standard InChI is InChI=1S/C11H14O3S/c1-9-4-6-10(7-5-9)15(13,14)11(2,3)8-12/h4-8H,1-3H3. The Morgan fingerprint density at radius 2 is 1.60 bits per heavy atom. The lowest BCUT2D eigenvalue weighted by molar-refractivity contribution is -0.109. The van der Waals surface area contributed by atoms with Gasteiger partial charge in [0.05, 0.1) is 4.90 Å². The smallest absolute Gasteiger partial charge is 0.190 e. The van der Waals surface area contributed by atoms with Crippen molar-refractivity contribution < 1.29 is 13.2 Å². The molecule has 0 saturated heterocycles. The van der Waals surface area contributed by atoms with E-state index in [1.807, 2.05) is 6.92 Å². The van der Waals surface area contributed by atoms with Crippen molar-refractivity contribution >= 4 is 16.1 Å². The van der Waals surface area contributed by atoms with Crippen LogP contribution < -0.4 is 0 Å². The Hall–Kier alpha value is -1.16. The van der Waals surface area contributed by atoms with Crippen LogP contribution in [-0.2, 0) is 14.6 Å². The van der Waals surface area contributed by atoms with Gasteiger partial charge in [0.25, 0.3) is 0 Å². The molecule has 82 valence electrons. The Labute approximate surface area is 90.0 Å². The number of hydrogen-bond acceptors (Lipinski definition) is 3. The maximum absolute atomic E-state index is 12.0. The Morgan fingerprint density at radius 1 is 1.13 bits per heavy atom. The number of aryl methyl sites for hydroxylation is 1. The molecule has 1 aromatic rings. The van der Waals surface area contributed by atoms with E-state index in [4.69, 9.17) is 0 Å². The molecule has 3 nitrogen and oxygen atoms in total. The molecule has 0 heterocycles. The van der Waals surface area contributed by atoms with Crippen LogP contribution >= 0.6 is 0 Å². The molecular weight excluding hydrogens is 212 g/mol. The van der Waals surface area contributed by atoms with E-state index in [1.165, 1.54) is 26.0 Å². The molecule has 0 spiro atoms. The second kappa shape index (κ2) is 3.77. The lowest BCUT2D eigenvalue weighted by Crippen LogP contribution is -2.33. The molecule has 0 radical (unpaired) electrons. The van der Waals surface area contributed by atoms with E-state index in [-0.39, 0.29) is 4.90 Å². The quantitative estimate of drug-likeness (QED) is 0.738. The van der Waals surface area contributed by atoms with E-state index >= 15 is 0 Å². The van der Waals surface area contributed by atoms with Crippen molar-refractivity contribution in [2.24, 2.45) is 0 Å². The molecule has 0 amide bonds. The molecular formula is C11H14O3S. The molecule has 0 N–H and O–H groups in total. The van der Waals surface area contributed by atoms with Gasteiger partial charge < -0.3 is 4.79 Å². The number of sulfone groups is 1. The summed E-state index contributed by atoms with van der Waals surface area (Å²) in [5.74, 6) is 0. The van der Waals surface area contributed by atoms with Crippen LogP contribution in [0.5, 0.6) is 0 Å². The zero-order chi connectivity index (χ0) is 11.7. The number of hydrogen-bond donors (Lipinski definition) is 0. The van der Waals surface area contributed by atoms with Crippen molar-refractivity contribution in [2.45, 2.75) is 30.4 Å². The van der Waals surface area contributed by atoms with Crippen LogP contribution in [0, 0.1) is 6.92 Å². The van der Waals surface area contributed by atoms with E-state index in [9.17, 15) is 13.2 Å². The summed E-state index contributed by atoms with van der Waals surface area (Å²) in [6, 6.07) is 6.48. The molecule has 1 rings (SSSR count). The fraction of sp³-hybridized carbons (Fsp3) is 0.364. The van der Waals surface area contributed by atoms with Crippen molar-refractivity contribution in [1.82, 2.24) is 0 Å². The second-order valence-corrected chi connectivity index (χ2v) is 6.57. The SMILES string of the molecule is Cc1ccc(S(=O)(=O)C(C)(C)C=O)cc1. The number of rotatable bonds is 3. The van der Waals surface area contributed by atoms with Crippen molar-refractivity contribution in [2.75, 3.05) is 0 Å².